The van der Waals surface area contributed by atoms with Crippen molar-refractivity contribution in [1.82, 2.24) is 0 Å². The SMILES string of the molecule is CCOP(=O)(OCC)[C-](SCC)[Si](C)(C)C.[Li+]. The second kappa shape index (κ2) is 9.25. The Morgan fingerprint density at radius 2 is 1.53 bits per heavy atom. The van der Waals surface area contributed by atoms with Crippen LogP contribution in [0.3, 0.4) is 0 Å². The Kier molecular flexibility index (Phi) is 11.2. The van der Waals surface area contributed by atoms with Gasteiger partial charge >= 0.3 is 18.9 Å². The van der Waals surface area contributed by atoms with Gasteiger partial charge in [-0.1, -0.05) is 34.6 Å². The van der Waals surface area contributed by atoms with E-state index in [0.717, 1.165) is 10.4 Å². The van der Waals surface area contributed by atoms with Gasteiger partial charge in [-0.2, -0.15) is 0 Å². The molecule has 0 aromatic heterocycles. The molecule has 0 saturated heterocycles. The van der Waals surface area contributed by atoms with Gasteiger partial charge in [0.1, 0.15) is 0 Å². The first kappa shape index (κ1) is 20.6. The van der Waals surface area contributed by atoms with Crippen molar-refractivity contribution in [3.63, 3.8) is 0 Å². The molecule has 0 radical (unpaired) electrons. The average Bonchev–Trinajstić information content (AvgIpc) is 2.13. The molecule has 0 aliphatic rings. The van der Waals surface area contributed by atoms with Crippen molar-refractivity contribution < 1.29 is 32.5 Å². The predicted molar refractivity (Wildman–Crippen MR) is 75.6 cm³/mol. The maximum atomic E-state index is 12.7. The van der Waals surface area contributed by atoms with Crippen LogP contribution in [-0.2, 0) is 13.6 Å². The molecule has 3 nitrogen and oxygen atoms in total. The van der Waals surface area contributed by atoms with Crippen molar-refractivity contribution >= 4 is 27.4 Å². The average molecular weight is 290 g/mol. The zero-order valence-corrected chi connectivity index (χ0v) is 14.9. The van der Waals surface area contributed by atoms with E-state index in [1.807, 2.05) is 13.8 Å². The van der Waals surface area contributed by atoms with Crippen LogP contribution in [0.5, 0.6) is 0 Å². The molecule has 0 heterocycles. The van der Waals surface area contributed by atoms with Crippen molar-refractivity contribution in [3.8, 4) is 0 Å². The van der Waals surface area contributed by atoms with Crippen LogP contribution in [-0.4, -0.2) is 27.0 Å². The van der Waals surface area contributed by atoms with Crippen LogP contribution in [0.25, 0.3) is 0 Å². The summed E-state index contributed by atoms with van der Waals surface area (Å²) >= 11 is 1.64. The molecule has 17 heavy (non-hydrogen) atoms. The van der Waals surface area contributed by atoms with E-state index < -0.39 is 15.7 Å². The van der Waals surface area contributed by atoms with Crippen LogP contribution in [0.15, 0.2) is 0 Å². The third kappa shape index (κ3) is 6.87. The van der Waals surface area contributed by atoms with E-state index in [4.69, 9.17) is 9.05 Å². The van der Waals surface area contributed by atoms with Crippen molar-refractivity contribution in [2.45, 2.75) is 40.4 Å². The number of hydrogen-bond acceptors (Lipinski definition) is 4. The van der Waals surface area contributed by atoms with Gasteiger partial charge in [0.15, 0.2) is 7.60 Å². The van der Waals surface area contributed by atoms with E-state index in [1.165, 1.54) is 0 Å². The molecule has 0 saturated carbocycles. The fourth-order valence-electron chi connectivity index (χ4n) is 1.34. The van der Waals surface area contributed by atoms with E-state index in [9.17, 15) is 4.57 Å². The number of thioether (sulfide) groups is 1. The molecule has 0 aliphatic carbocycles. The molecule has 0 bridgehead atoms. The largest absolute Gasteiger partial charge is 1.00 e. The normalized spacial score (nSPS) is 12.6. The van der Waals surface area contributed by atoms with Crippen molar-refractivity contribution in [2.75, 3.05) is 19.0 Å². The molecular weight excluding hydrogens is 266 g/mol. The molecular formula is C10H24LiO3PSSi. The fraction of sp³-hybridized carbons (Fsp3) is 0.900. The van der Waals surface area contributed by atoms with Crippen LogP contribution < -0.4 is 18.9 Å². The zero-order valence-electron chi connectivity index (χ0n) is 12.2. The maximum absolute atomic E-state index is 12.7. The van der Waals surface area contributed by atoms with E-state index in [0.29, 0.717) is 13.2 Å². The molecule has 0 N–H and O–H groups in total. The first-order valence-corrected chi connectivity index (χ1v) is 11.7. The Labute approximate surface area is 124 Å². The first-order chi connectivity index (χ1) is 7.31. The van der Waals surface area contributed by atoms with Crippen molar-refractivity contribution in [3.05, 3.63) is 4.61 Å². The van der Waals surface area contributed by atoms with E-state index >= 15 is 0 Å². The minimum Gasteiger partial charge on any atom is -0.338 e. The summed E-state index contributed by atoms with van der Waals surface area (Å²) in [5.74, 6) is 0.906. The second-order valence-electron chi connectivity index (χ2n) is 4.32. The molecule has 0 fully saturated rings. The van der Waals surface area contributed by atoms with Crippen LogP contribution in [0.1, 0.15) is 20.8 Å². The second-order valence-corrected chi connectivity index (χ2v) is 13.6. The smallest absolute Gasteiger partial charge is 0.338 e. The summed E-state index contributed by atoms with van der Waals surface area (Å²) < 4.78 is 24.5. The minimum atomic E-state index is -3.03. The Morgan fingerprint density at radius 1 is 1.12 bits per heavy atom. The Balaban J connectivity index is 0. The molecule has 0 aromatic rings. The summed E-state index contributed by atoms with van der Waals surface area (Å²) in [5.41, 5.74) is 0. The van der Waals surface area contributed by atoms with Gasteiger partial charge in [0.25, 0.3) is 0 Å². The van der Waals surface area contributed by atoms with Gasteiger partial charge in [0.2, 0.25) is 0 Å². The zero-order chi connectivity index (χ0) is 12.8. The van der Waals surface area contributed by atoms with Gasteiger partial charge in [0.05, 0.1) is 13.2 Å². The molecule has 0 spiro atoms. The molecule has 98 valence electrons. The van der Waals surface area contributed by atoms with Gasteiger partial charge in [0, 0.05) is 0 Å². The quantitative estimate of drug-likeness (QED) is 0.384. The summed E-state index contributed by atoms with van der Waals surface area (Å²) in [4.78, 5) is 0. The Bertz CT molecular complexity index is 238. The van der Waals surface area contributed by atoms with Crippen molar-refractivity contribution in [2.24, 2.45) is 0 Å². The summed E-state index contributed by atoms with van der Waals surface area (Å²) in [5, 5.41) is 0. The summed E-state index contributed by atoms with van der Waals surface area (Å²) in [6.45, 7) is 13.1. The third-order valence-electron chi connectivity index (χ3n) is 1.77. The van der Waals surface area contributed by atoms with Gasteiger partial charge < -0.3 is 20.8 Å². The molecule has 0 aliphatic heterocycles. The maximum Gasteiger partial charge on any atom is 1.00 e. The fourth-order valence-corrected chi connectivity index (χ4v) is 9.77. The van der Waals surface area contributed by atoms with Crippen LogP contribution in [0.4, 0.5) is 0 Å². The Morgan fingerprint density at radius 3 is 1.76 bits per heavy atom. The molecule has 0 amide bonds. The van der Waals surface area contributed by atoms with Gasteiger partial charge in [-0.25, -0.2) is 0 Å². The van der Waals surface area contributed by atoms with Crippen LogP contribution >= 0.6 is 19.4 Å². The minimum absolute atomic E-state index is 0. The van der Waals surface area contributed by atoms with Gasteiger partial charge in [-0.05, 0) is 19.6 Å². The molecule has 0 rings (SSSR count). The monoisotopic (exact) mass is 290 g/mol. The van der Waals surface area contributed by atoms with Gasteiger partial charge in [-0.15, -0.1) is 4.61 Å². The third-order valence-corrected chi connectivity index (χ3v) is 11.5. The summed E-state index contributed by atoms with van der Waals surface area (Å²) in [7, 11) is -4.68. The van der Waals surface area contributed by atoms with Crippen molar-refractivity contribution in [1.29, 1.82) is 0 Å². The van der Waals surface area contributed by atoms with Crippen LogP contribution in [0.2, 0.25) is 19.6 Å². The number of hydrogen-bond donors (Lipinski definition) is 0. The first-order valence-electron chi connectivity index (χ1n) is 5.71. The van der Waals surface area contributed by atoms with E-state index in [2.05, 4.69) is 26.6 Å². The van der Waals surface area contributed by atoms with Crippen LogP contribution in [0, 0.1) is 4.61 Å². The Hall–Kier alpha value is 1.31. The molecule has 7 heteroatoms. The molecule has 0 aromatic carbocycles. The van der Waals surface area contributed by atoms with E-state index in [-0.39, 0.29) is 18.9 Å². The molecule has 0 atom stereocenters. The van der Waals surface area contributed by atoms with E-state index in [1.54, 1.807) is 11.8 Å². The molecule has 0 unspecified atom stereocenters. The standard InChI is InChI=1S/C10H24O3PSSi.Li/c1-7-12-14(11,13-8-2)10(15-9-3)16(4,5)6;/h7-9H2,1-6H3;/q-1;+1. The predicted octanol–water partition coefficient (Wildman–Crippen LogP) is 1.38. The number of rotatable bonds is 8. The summed E-state index contributed by atoms with van der Waals surface area (Å²) in [6.07, 6.45) is 0. The summed E-state index contributed by atoms with van der Waals surface area (Å²) in [6, 6.07) is 0. The van der Waals surface area contributed by atoms with Gasteiger partial charge in [-0.3, -0.25) is 4.57 Å². The topological polar surface area (TPSA) is 35.5 Å².